The third kappa shape index (κ3) is 4.85. The molecule has 7 nitrogen and oxygen atoms in total. The topological polar surface area (TPSA) is 71.1 Å². The molecule has 0 radical (unpaired) electrons. The lowest BCUT2D eigenvalue weighted by Gasteiger charge is -2.26. The highest BCUT2D eigenvalue weighted by Gasteiger charge is 2.19. The third-order valence-electron chi connectivity index (χ3n) is 3.46. The Bertz CT molecular complexity index is 568. The van der Waals surface area contributed by atoms with Crippen LogP contribution in [0.5, 0.6) is 5.75 Å². The summed E-state index contributed by atoms with van der Waals surface area (Å²) in [6.07, 6.45) is 1.87. The van der Waals surface area contributed by atoms with Gasteiger partial charge >= 0.3 is 6.03 Å². The lowest BCUT2D eigenvalue weighted by Crippen LogP contribution is -2.38. The van der Waals surface area contributed by atoms with E-state index in [4.69, 9.17) is 9.57 Å². The molecule has 1 saturated heterocycles. The maximum Gasteiger partial charge on any atom is 0.345 e. The monoisotopic (exact) mass is 321 g/mol. The first-order valence-corrected chi connectivity index (χ1v) is 7.62. The fourth-order valence-corrected chi connectivity index (χ4v) is 2.06. The highest BCUT2D eigenvalue weighted by Crippen LogP contribution is 2.26. The maximum absolute atomic E-state index is 12.2. The van der Waals surface area contributed by atoms with E-state index in [0.29, 0.717) is 24.6 Å². The molecule has 0 aromatic heterocycles. The second kappa shape index (κ2) is 7.82. The van der Waals surface area contributed by atoms with Gasteiger partial charge < -0.3 is 15.0 Å². The summed E-state index contributed by atoms with van der Waals surface area (Å²) in [5.41, 5.74) is 1.49. The van der Waals surface area contributed by atoms with Gasteiger partial charge in [-0.15, -0.1) is 0 Å². The average molecular weight is 321 g/mol. The minimum absolute atomic E-state index is 0.0838. The van der Waals surface area contributed by atoms with E-state index in [-0.39, 0.29) is 18.5 Å². The summed E-state index contributed by atoms with van der Waals surface area (Å²) >= 11 is 0. The minimum Gasteiger partial charge on any atom is -0.482 e. The van der Waals surface area contributed by atoms with Crippen LogP contribution in [-0.2, 0) is 9.63 Å². The van der Waals surface area contributed by atoms with Crippen LogP contribution in [0, 0.1) is 6.92 Å². The van der Waals surface area contributed by atoms with Gasteiger partial charge in [0.1, 0.15) is 5.75 Å². The van der Waals surface area contributed by atoms with Crippen LogP contribution in [0.15, 0.2) is 18.2 Å². The summed E-state index contributed by atoms with van der Waals surface area (Å²) in [6, 6.07) is 5.08. The van der Waals surface area contributed by atoms with Crippen LogP contribution in [0.2, 0.25) is 0 Å². The van der Waals surface area contributed by atoms with E-state index < -0.39 is 0 Å². The van der Waals surface area contributed by atoms with Crippen LogP contribution in [-0.4, -0.2) is 55.8 Å². The zero-order valence-corrected chi connectivity index (χ0v) is 13.8. The average Bonchev–Trinajstić information content (AvgIpc) is 2.55. The Labute approximate surface area is 136 Å². The van der Waals surface area contributed by atoms with Crippen molar-refractivity contribution >= 4 is 17.6 Å². The summed E-state index contributed by atoms with van der Waals surface area (Å²) in [4.78, 5) is 30.7. The molecule has 2 rings (SSSR count). The number of hydroxylamine groups is 2. The lowest BCUT2D eigenvalue weighted by molar-refractivity contribution is -0.135. The molecule has 1 N–H and O–H groups in total. The first-order valence-electron chi connectivity index (χ1n) is 7.62. The van der Waals surface area contributed by atoms with Gasteiger partial charge in [-0.05, 0) is 37.5 Å². The van der Waals surface area contributed by atoms with E-state index in [9.17, 15) is 9.59 Å². The summed E-state index contributed by atoms with van der Waals surface area (Å²) in [5.74, 6) is 0.314. The van der Waals surface area contributed by atoms with Gasteiger partial charge in [0.05, 0.1) is 18.8 Å². The third-order valence-corrected chi connectivity index (χ3v) is 3.46. The first-order chi connectivity index (χ1) is 11.0. The zero-order chi connectivity index (χ0) is 16.8. The molecule has 126 valence electrons. The van der Waals surface area contributed by atoms with Crippen LogP contribution in [0.1, 0.15) is 18.4 Å². The number of hydrogen-bond donors (Lipinski definition) is 1. The van der Waals surface area contributed by atoms with Gasteiger partial charge in [0.25, 0.3) is 5.91 Å². The van der Waals surface area contributed by atoms with Crippen molar-refractivity contribution in [3.63, 3.8) is 0 Å². The predicted octanol–water partition coefficient (Wildman–Crippen LogP) is 2.02. The Morgan fingerprint density at radius 1 is 1.35 bits per heavy atom. The Kier molecular flexibility index (Phi) is 5.81. The van der Waals surface area contributed by atoms with Crippen LogP contribution < -0.4 is 10.1 Å². The molecule has 1 aliphatic rings. The molecule has 0 spiro atoms. The number of carbonyl (C=O) groups is 2. The number of aryl methyl sites for hydroxylation is 1. The van der Waals surface area contributed by atoms with Crippen molar-refractivity contribution in [1.82, 2.24) is 9.96 Å². The van der Waals surface area contributed by atoms with Gasteiger partial charge in [0, 0.05) is 14.1 Å². The SMILES string of the molecule is Cc1ccc(NC(=O)N2CCCCO2)c(OCC(=O)N(C)C)c1. The van der Waals surface area contributed by atoms with Crippen molar-refractivity contribution in [3.8, 4) is 5.75 Å². The Morgan fingerprint density at radius 2 is 2.13 bits per heavy atom. The molecule has 1 fully saturated rings. The molecule has 0 aliphatic carbocycles. The number of anilines is 1. The molecule has 0 unspecified atom stereocenters. The quantitative estimate of drug-likeness (QED) is 0.921. The molecule has 1 aliphatic heterocycles. The fourth-order valence-electron chi connectivity index (χ4n) is 2.06. The maximum atomic E-state index is 12.2. The van der Waals surface area contributed by atoms with Gasteiger partial charge in [-0.2, -0.15) is 0 Å². The van der Waals surface area contributed by atoms with Crippen molar-refractivity contribution in [2.45, 2.75) is 19.8 Å². The second-order valence-electron chi connectivity index (χ2n) is 5.65. The highest BCUT2D eigenvalue weighted by molar-refractivity contribution is 5.90. The van der Waals surface area contributed by atoms with Crippen molar-refractivity contribution in [3.05, 3.63) is 23.8 Å². The van der Waals surface area contributed by atoms with E-state index >= 15 is 0 Å². The zero-order valence-electron chi connectivity index (χ0n) is 13.8. The Balaban J connectivity index is 2.05. The van der Waals surface area contributed by atoms with Gasteiger partial charge in [-0.1, -0.05) is 6.07 Å². The Hall–Kier alpha value is -2.28. The van der Waals surface area contributed by atoms with Crippen molar-refractivity contribution in [2.75, 3.05) is 39.2 Å². The number of amides is 3. The number of likely N-dealkylation sites (N-methyl/N-ethyl adjacent to an activating group) is 1. The number of hydrogen-bond acceptors (Lipinski definition) is 4. The van der Waals surface area contributed by atoms with Crippen LogP contribution in [0.25, 0.3) is 0 Å². The number of benzene rings is 1. The van der Waals surface area contributed by atoms with Crippen molar-refractivity contribution in [2.24, 2.45) is 0 Å². The van der Waals surface area contributed by atoms with Gasteiger partial charge in [0.2, 0.25) is 0 Å². The van der Waals surface area contributed by atoms with Crippen LogP contribution in [0.3, 0.4) is 0 Å². The molecular weight excluding hydrogens is 298 g/mol. The minimum atomic E-state index is -0.336. The van der Waals surface area contributed by atoms with Gasteiger partial charge in [-0.3, -0.25) is 9.63 Å². The fraction of sp³-hybridized carbons (Fsp3) is 0.500. The van der Waals surface area contributed by atoms with Crippen LogP contribution >= 0.6 is 0 Å². The molecule has 3 amide bonds. The van der Waals surface area contributed by atoms with Gasteiger partial charge in [0.15, 0.2) is 6.61 Å². The highest BCUT2D eigenvalue weighted by atomic mass is 16.7. The smallest absolute Gasteiger partial charge is 0.345 e. The summed E-state index contributed by atoms with van der Waals surface area (Å²) in [6.45, 7) is 2.94. The summed E-state index contributed by atoms with van der Waals surface area (Å²) in [5, 5.41) is 4.09. The molecule has 0 atom stereocenters. The van der Waals surface area contributed by atoms with E-state index in [1.165, 1.54) is 9.96 Å². The molecule has 23 heavy (non-hydrogen) atoms. The number of rotatable bonds is 4. The molecule has 1 aromatic rings. The van der Waals surface area contributed by atoms with E-state index in [1.807, 2.05) is 13.0 Å². The van der Waals surface area contributed by atoms with Crippen LogP contribution in [0.4, 0.5) is 10.5 Å². The molecule has 7 heteroatoms. The van der Waals surface area contributed by atoms with Crippen molar-refractivity contribution < 1.29 is 19.2 Å². The standard InChI is InChI=1S/C16H23N3O4/c1-12-6-7-13(14(10-12)22-11-15(20)18(2)3)17-16(21)19-8-4-5-9-23-19/h6-7,10H,4-5,8-9,11H2,1-3H3,(H,17,21). The predicted molar refractivity (Wildman–Crippen MR) is 86.3 cm³/mol. The molecule has 1 heterocycles. The number of urea groups is 1. The number of nitrogens with zero attached hydrogens (tertiary/aromatic N) is 2. The van der Waals surface area contributed by atoms with Crippen molar-refractivity contribution in [1.29, 1.82) is 0 Å². The summed E-state index contributed by atoms with van der Waals surface area (Å²) < 4.78 is 5.56. The first kappa shape index (κ1) is 17.1. The summed E-state index contributed by atoms with van der Waals surface area (Å²) in [7, 11) is 3.33. The second-order valence-corrected chi connectivity index (χ2v) is 5.65. The number of ether oxygens (including phenoxy) is 1. The van der Waals surface area contributed by atoms with E-state index in [1.54, 1.807) is 26.2 Å². The molecule has 0 saturated carbocycles. The normalized spacial score (nSPS) is 14.3. The number of carbonyl (C=O) groups excluding carboxylic acids is 2. The Morgan fingerprint density at radius 3 is 2.78 bits per heavy atom. The molecule has 0 bridgehead atoms. The van der Waals surface area contributed by atoms with E-state index in [0.717, 1.165) is 18.4 Å². The molecular formula is C16H23N3O4. The number of nitrogens with one attached hydrogen (secondary N) is 1. The lowest BCUT2D eigenvalue weighted by atomic mass is 10.2. The van der Waals surface area contributed by atoms with E-state index in [2.05, 4.69) is 5.32 Å². The largest absolute Gasteiger partial charge is 0.482 e. The molecule has 1 aromatic carbocycles. The van der Waals surface area contributed by atoms with Gasteiger partial charge in [-0.25, -0.2) is 9.86 Å².